The van der Waals surface area contributed by atoms with Gasteiger partial charge in [-0.3, -0.25) is 10.1 Å². The number of rotatable bonds is 6. The van der Waals surface area contributed by atoms with Gasteiger partial charge in [-0.1, -0.05) is 11.8 Å². The molecule has 0 unspecified atom stereocenters. The highest BCUT2D eigenvalue weighted by Crippen LogP contribution is 2.29. The molecule has 0 atom stereocenters. The molecule has 1 aromatic carbocycles. The molecule has 9 nitrogen and oxygen atoms in total. The van der Waals surface area contributed by atoms with Crippen LogP contribution >= 0.6 is 11.8 Å². The molecule has 0 fully saturated rings. The second-order valence-corrected chi connectivity index (χ2v) is 6.72. The zero-order chi connectivity index (χ0) is 19.4. The quantitative estimate of drug-likeness (QED) is 0.269. The lowest BCUT2D eigenvalue weighted by Gasteiger charge is -2.04. The Morgan fingerprint density at radius 2 is 2.00 bits per heavy atom. The van der Waals surface area contributed by atoms with Crippen LogP contribution in [-0.2, 0) is 5.75 Å². The third-order valence-electron chi connectivity index (χ3n) is 3.37. The van der Waals surface area contributed by atoms with Crippen LogP contribution in [0.3, 0.4) is 0 Å². The summed E-state index contributed by atoms with van der Waals surface area (Å²) in [6.45, 7) is 5.63. The summed E-state index contributed by atoms with van der Waals surface area (Å²) >= 11 is 1.35. The lowest BCUT2D eigenvalue weighted by molar-refractivity contribution is -0.384. The predicted molar refractivity (Wildman–Crippen MR) is 101 cm³/mol. The minimum atomic E-state index is -0.458. The zero-order valence-electron chi connectivity index (χ0n) is 14.9. The zero-order valence-corrected chi connectivity index (χ0v) is 15.7. The van der Waals surface area contributed by atoms with Gasteiger partial charge in [0, 0.05) is 40.9 Å². The number of non-ortho nitro benzene ring substituents is 1. The maximum absolute atomic E-state index is 10.7. The number of hydrogen-bond donors (Lipinski definition) is 0. The summed E-state index contributed by atoms with van der Waals surface area (Å²) in [6.07, 6.45) is 1.74. The topological polar surface area (TPSA) is 120 Å². The molecule has 0 amide bonds. The van der Waals surface area contributed by atoms with Gasteiger partial charge in [-0.2, -0.15) is 0 Å². The van der Waals surface area contributed by atoms with E-state index in [0.29, 0.717) is 34.1 Å². The first kappa shape index (κ1) is 18.6. The van der Waals surface area contributed by atoms with Crippen molar-refractivity contribution < 1.29 is 9.34 Å². The second kappa shape index (κ2) is 8.04. The largest absolute Gasteiger partial charge is 0.411 e. The van der Waals surface area contributed by atoms with E-state index in [1.165, 1.54) is 23.9 Å². The van der Waals surface area contributed by atoms with Crippen molar-refractivity contribution in [2.24, 2.45) is 4.99 Å². The summed E-state index contributed by atoms with van der Waals surface area (Å²) in [7, 11) is 0. The lowest BCUT2D eigenvalue weighted by atomic mass is 10.2. The molecule has 0 N–H and O–H groups in total. The Hall–Kier alpha value is -3.14. The predicted octanol–water partition coefficient (Wildman–Crippen LogP) is 4.15. The molecular formula is C17H16N6O3S. The second-order valence-electron chi connectivity index (χ2n) is 5.79. The average molecular weight is 384 g/mol. The Morgan fingerprint density at radius 1 is 1.26 bits per heavy atom. The third kappa shape index (κ3) is 4.73. The number of benzene rings is 1. The van der Waals surface area contributed by atoms with Crippen LogP contribution in [0.4, 0.5) is 11.5 Å². The molecule has 10 heteroatoms. The van der Waals surface area contributed by atoms with Crippen molar-refractivity contribution in [1.29, 1.82) is 0 Å². The van der Waals surface area contributed by atoms with Crippen molar-refractivity contribution in [3.05, 3.63) is 52.0 Å². The minimum Gasteiger partial charge on any atom is -0.411 e. The van der Waals surface area contributed by atoms with Crippen molar-refractivity contribution in [2.75, 3.05) is 0 Å². The van der Waals surface area contributed by atoms with Crippen molar-refractivity contribution in [3.8, 4) is 11.5 Å². The molecular weight excluding hydrogens is 368 g/mol. The van der Waals surface area contributed by atoms with Crippen LogP contribution in [0, 0.1) is 17.0 Å². The number of thioether (sulfide) groups is 1. The molecule has 2 heterocycles. The number of nitro benzene ring substituents is 1. The fraction of sp³-hybridized carbons (Fsp3) is 0.235. The first-order valence-corrected chi connectivity index (χ1v) is 8.96. The summed E-state index contributed by atoms with van der Waals surface area (Å²) in [5.41, 5.74) is 2.39. The number of aryl methyl sites for hydroxylation is 1. The van der Waals surface area contributed by atoms with Crippen LogP contribution in [0.1, 0.15) is 25.2 Å². The van der Waals surface area contributed by atoms with Crippen LogP contribution in [0.2, 0.25) is 0 Å². The lowest BCUT2D eigenvalue weighted by Crippen LogP contribution is -1.94. The molecule has 0 radical (unpaired) electrons. The van der Waals surface area contributed by atoms with E-state index in [1.807, 2.05) is 20.8 Å². The van der Waals surface area contributed by atoms with Crippen LogP contribution in [0.5, 0.6) is 0 Å². The monoisotopic (exact) mass is 384 g/mol. The van der Waals surface area contributed by atoms with Crippen LogP contribution in [0.25, 0.3) is 11.5 Å². The first-order valence-electron chi connectivity index (χ1n) is 7.98. The first-order chi connectivity index (χ1) is 12.9. The number of nitrogens with zero attached hydrogens (tertiary/aromatic N) is 6. The summed E-state index contributed by atoms with van der Waals surface area (Å²) in [5.74, 6) is 2.11. The molecule has 0 spiro atoms. The maximum atomic E-state index is 10.7. The van der Waals surface area contributed by atoms with Gasteiger partial charge in [0.25, 0.3) is 10.9 Å². The molecule has 0 saturated heterocycles. The molecule has 0 aliphatic rings. The number of aromatic nitrogens is 4. The number of hydrogen-bond acceptors (Lipinski definition) is 9. The normalized spacial score (nSPS) is 10.6. The Bertz CT molecular complexity index is 996. The Balaban J connectivity index is 1.73. The summed E-state index contributed by atoms with van der Waals surface area (Å²) in [5, 5.41) is 19.1. The van der Waals surface area contributed by atoms with Gasteiger partial charge in [-0.25, -0.2) is 15.0 Å². The van der Waals surface area contributed by atoms with Gasteiger partial charge in [0.1, 0.15) is 5.82 Å². The van der Waals surface area contributed by atoms with E-state index in [1.54, 1.807) is 18.3 Å². The van der Waals surface area contributed by atoms with Gasteiger partial charge in [-0.05, 0) is 32.9 Å². The molecule has 3 rings (SSSR count). The van der Waals surface area contributed by atoms with Gasteiger partial charge < -0.3 is 4.42 Å². The fourth-order valence-corrected chi connectivity index (χ4v) is 2.86. The van der Waals surface area contributed by atoms with Gasteiger partial charge in [-0.15, -0.1) is 10.2 Å². The molecule has 27 heavy (non-hydrogen) atoms. The van der Waals surface area contributed by atoms with E-state index < -0.39 is 4.92 Å². The van der Waals surface area contributed by atoms with E-state index in [0.717, 1.165) is 11.3 Å². The minimum absolute atomic E-state index is 0.00605. The van der Waals surface area contributed by atoms with E-state index in [2.05, 4.69) is 25.2 Å². The van der Waals surface area contributed by atoms with E-state index in [9.17, 15) is 10.1 Å². The Kier molecular flexibility index (Phi) is 5.55. The summed E-state index contributed by atoms with van der Waals surface area (Å²) in [6, 6.07) is 5.94. The summed E-state index contributed by atoms with van der Waals surface area (Å²) in [4.78, 5) is 23.3. The van der Waals surface area contributed by atoms with Crippen molar-refractivity contribution in [3.63, 3.8) is 0 Å². The third-order valence-corrected chi connectivity index (χ3v) is 4.24. The standard InChI is InChI=1S/C17H16N6O3S/c1-10(2)19-15-13(8-18-11(3)20-15)9-27-17-22-21-16(26-17)12-4-6-14(7-5-12)23(24)25/h4-8H,9H2,1-3H3. The highest BCUT2D eigenvalue weighted by molar-refractivity contribution is 7.98. The van der Waals surface area contributed by atoms with Crippen LogP contribution < -0.4 is 0 Å². The molecule has 0 aliphatic carbocycles. The van der Waals surface area contributed by atoms with Gasteiger partial charge in [0.2, 0.25) is 5.89 Å². The number of nitro groups is 1. The van der Waals surface area contributed by atoms with Crippen molar-refractivity contribution in [1.82, 2.24) is 20.2 Å². The maximum Gasteiger partial charge on any atom is 0.277 e. The molecule has 2 aromatic heterocycles. The molecule has 0 bridgehead atoms. The Morgan fingerprint density at radius 3 is 2.67 bits per heavy atom. The van der Waals surface area contributed by atoms with Gasteiger partial charge >= 0.3 is 0 Å². The van der Waals surface area contributed by atoms with Crippen molar-refractivity contribution >= 4 is 29.0 Å². The highest BCUT2D eigenvalue weighted by atomic mass is 32.2. The SMILES string of the molecule is CC(C)=Nc1nc(C)ncc1CSc1nnc(-c2ccc([N+](=O)[O-])cc2)o1. The fourth-order valence-electron chi connectivity index (χ4n) is 2.14. The molecule has 138 valence electrons. The highest BCUT2D eigenvalue weighted by Gasteiger charge is 2.13. The Labute approximate surface area is 159 Å². The number of aliphatic imine (C=N–C) groups is 1. The van der Waals surface area contributed by atoms with Gasteiger partial charge in [0.05, 0.1) is 4.92 Å². The van der Waals surface area contributed by atoms with Crippen LogP contribution in [0.15, 0.2) is 45.1 Å². The molecule has 0 aliphatic heterocycles. The molecule has 0 saturated carbocycles. The molecule has 3 aromatic rings. The van der Waals surface area contributed by atoms with E-state index in [4.69, 9.17) is 4.42 Å². The van der Waals surface area contributed by atoms with E-state index >= 15 is 0 Å². The smallest absolute Gasteiger partial charge is 0.277 e. The average Bonchev–Trinajstić information content (AvgIpc) is 3.09. The van der Waals surface area contributed by atoms with Gasteiger partial charge in [0.15, 0.2) is 5.82 Å². The van der Waals surface area contributed by atoms with E-state index in [-0.39, 0.29) is 5.69 Å². The summed E-state index contributed by atoms with van der Waals surface area (Å²) < 4.78 is 5.63. The van der Waals surface area contributed by atoms with Crippen molar-refractivity contribution in [2.45, 2.75) is 31.7 Å². The van der Waals surface area contributed by atoms with Crippen LogP contribution in [-0.4, -0.2) is 30.8 Å².